The van der Waals surface area contributed by atoms with Gasteiger partial charge in [-0.2, -0.15) is 0 Å². The molecule has 0 radical (unpaired) electrons. The summed E-state index contributed by atoms with van der Waals surface area (Å²) < 4.78 is 0. The van der Waals surface area contributed by atoms with Gasteiger partial charge in [0.15, 0.2) is 0 Å². The van der Waals surface area contributed by atoms with Crippen LogP contribution in [0.25, 0.3) is 10.8 Å². The van der Waals surface area contributed by atoms with Gasteiger partial charge in [-0.1, -0.05) is 37.6 Å². The zero-order valence-corrected chi connectivity index (χ0v) is 11.7. The normalized spacial score (nSPS) is 10.8. The van der Waals surface area contributed by atoms with Gasteiger partial charge in [0.05, 0.1) is 11.6 Å². The van der Waals surface area contributed by atoms with E-state index >= 15 is 0 Å². The molecule has 0 aliphatic rings. The molecular weight excluding hydrogens is 244 g/mol. The summed E-state index contributed by atoms with van der Waals surface area (Å²) in [6, 6.07) is 10.4. The molecule has 3 heteroatoms. The van der Waals surface area contributed by atoms with Crippen molar-refractivity contribution in [2.45, 2.75) is 25.6 Å². The van der Waals surface area contributed by atoms with E-state index in [2.05, 4.69) is 54.2 Å². The number of anilines is 1. The Bertz CT molecular complexity index is 525. The van der Waals surface area contributed by atoms with Crippen molar-refractivity contribution >= 4 is 28.2 Å². The molecule has 0 atom stereocenters. The number of hydrogen-bond acceptors (Lipinski definition) is 2. The third-order valence-electron chi connectivity index (χ3n) is 3.12. The zero-order valence-electron chi connectivity index (χ0n) is 11.0. The summed E-state index contributed by atoms with van der Waals surface area (Å²) in [5.74, 6) is 1.50. The maximum atomic E-state index is 5.93. The van der Waals surface area contributed by atoms with Gasteiger partial charge >= 0.3 is 0 Å². The Hall–Kier alpha value is -1.28. The van der Waals surface area contributed by atoms with Crippen molar-refractivity contribution in [3.05, 3.63) is 36.0 Å². The first-order chi connectivity index (χ1) is 8.76. The predicted molar refractivity (Wildman–Crippen MR) is 79.5 cm³/mol. The summed E-state index contributed by atoms with van der Waals surface area (Å²) in [6.07, 6.45) is 2.37. The number of fused-ring (bicyclic) bond motifs is 1. The SMILES string of the molecule is CCCCN(C)c1nc(CCl)cc2ccccc12. The Kier molecular flexibility index (Phi) is 4.43. The number of unbranched alkanes of at least 4 members (excludes halogenated alkanes) is 1. The van der Waals surface area contributed by atoms with Crippen LogP contribution in [0.1, 0.15) is 25.5 Å². The van der Waals surface area contributed by atoms with Crippen molar-refractivity contribution in [3.8, 4) is 0 Å². The molecule has 0 aliphatic carbocycles. The van der Waals surface area contributed by atoms with Crippen LogP contribution in [-0.2, 0) is 5.88 Å². The van der Waals surface area contributed by atoms with Crippen LogP contribution in [-0.4, -0.2) is 18.6 Å². The standard InChI is InChI=1S/C15H19ClN2/c1-3-4-9-18(2)15-14-8-6-5-7-12(14)10-13(11-16)17-15/h5-8,10H,3-4,9,11H2,1-2H3. The van der Waals surface area contributed by atoms with E-state index in [0.717, 1.165) is 18.1 Å². The molecule has 0 N–H and O–H groups in total. The third kappa shape index (κ3) is 2.75. The number of benzene rings is 1. The van der Waals surface area contributed by atoms with Crippen LogP contribution >= 0.6 is 11.6 Å². The third-order valence-corrected chi connectivity index (χ3v) is 3.39. The van der Waals surface area contributed by atoms with Crippen LogP contribution in [0.15, 0.2) is 30.3 Å². The van der Waals surface area contributed by atoms with Crippen molar-refractivity contribution in [3.63, 3.8) is 0 Å². The number of rotatable bonds is 5. The summed E-state index contributed by atoms with van der Waals surface area (Å²) in [5, 5.41) is 2.41. The largest absolute Gasteiger partial charge is 0.359 e. The molecule has 2 rings (SSSR count). The first-order valence-electron chi connectivity index (χ1n) is 6.42. The van der Waals surface area contributed by atoms with E-state index in [1.54, 1.807) is 0 Å². The first kappa shape index (κ1) is 13.2. The Morgan fingerprint density at radius 2 is 2.06 bits per heavy atom. The topological polar surface area (TPSA) is 16.1 Å². The number of hydrogen-bond donors (Lipinski definition) is 0. The average Bonchev–Trinajstić information content (AvgIpc) is 2.43. The lowest BCUT2D eigenvalue weighted by molar-refractivity contribution is 0.760. The summed E-state index contributed by atoms with van der Waals surface area (Å²) >= 11 is 5.93. The van der Waals surface area contributed by atoms with Gasteiger partial charge < -0.3 is 4.90 Å². The Morgan fingerprint density at radius 1 is 1.28 bits per heavy atom. The Balaban J connectivity index is 2.46. The van der Waals surface area contributed by atoms with Crippen molar-refractivity contribution in [1.29, 1.82) is 0 Å². The second kappa shape index (κ2) is 6.05. The molecule has 2 aromatic rings. The van der Waals surface area contributed by atoms with Crippen molar-refractivity contribution in [1.82, 2.24) is 4.98 Å². The first-order valence-corrected chi connectivity index (χ1v) is 6.95. The lowest BCUT2D eigenvalue weighted by Gasteiger charge is -2.20. The quantitative estimate of drug-likeness (QED) is 0.751. The van der Waals surface area contributed by atoms with Gasteiger partial charge in [-0.15, -0.1) is 11.6 Å². The summed E-state index contributed by atoms with van der Waals surface area (Å²) in [6.45, 7) is 3.23. The fraction of sp³-hybridized carbons (Fsp3) is 0.400. The van der Waals surface area contributed by atoms with Gasteiger partial charge in [0.1, 0.15) is 5.82 Å². The smallest absolute Gasteiger partial charge is 0.136 e. The van der Waals surface area contributed by atoms with Gasteiger partial charge in [0.25, 0.3) is 0 Å². The van der Waals surface area contributed by atoms with Crippen molar-refractivity contribution < 1.29 is 0 Å². The van der Waals surface area contributed by atoms with E-state index in [0.29, 0.717) is 5.88 Å². The number of pyridine rings is 1. The fourth-order valence-corrected chi connectivity index (χ4v) is 2.23. The number of alkyl halides is 1. The lowest BCUT2D eigenvalue weighted by Crippen LogP contribution is -2.20. The Morgan fingerprint density at radius 3 is 2.78 bits per heavy atom. The molecule has 0 bridgehead atoms. The highest BCUT2D eigenvalue weighted by Gasteiger charge is 2.09. The second-order valence-corrected chi connectivity index (χ2v) is 4.83. The van der Waals surface area contributed by atoms with Gasteiger partial charge in [0.2, 0.25) is 0 Å². The summed E-state index contributed by atoms with van der Waals surface area (Å²) in [7, 11) is 2.10. The summed E-state index contributed by atoms with van der Waals surface area (Å²) in [4.78, 5) is 6.89. The van der Waals surface area contributed by atoms with E-state index in [-0.39, 0.29) is 0 Å². The van der Waals surface area contributed by atoms with Crippen molar-refractivity contribution in [2.75, 3.05) is 18.5 Å². The molecule has 0 amide bonds. The van der Waals surface area contributed by atoms with Gasteiger partial charge in [-0.05, 0) is 17.9 Å². The number of aromatic nitrogens is 1. The maximum Gasteiger partial charge on any atom is 0.136 e. The zero-order chi connectivity index (χ0) is 13.0. The molecule has 0 fully saturated rings. The molecule has 0 aliphatic heterocycles. The van der Waals surface area contributed by atoms with Gasteiger partial charge in [0, 0.05) is 19.0 Å². The molecule has 0 saturated carbocycles. The van der Waals surface area contributed by atoms with E-state index in [9.17, 15) is 0 Å². The van der Waals surface area contributed by atoms with E-state index in [1.807, 2.05) is 0 Å². The number of halogens is 1. The van der Waals surface area contributed by atoms with Crippen LogP contribution in [0.5, 0.6) is 0 Å². The molecule has 1 aromatic carbocycles. The molecule has 1 heterocycles. The van der Waals surface area contributed by atoms with Gasteiger partial charge in [-0.3, -0.25) is 0 Å². The minimum absolute atomic E-state index is 0.458. The van der Waals surface area contributed by atoms with Crippen LogP contribution in [0.2, 0.25) is 0 Å². The maximum absolute atomic E-state index is 5.93. The average molecular weight is 263 g/mol. The minimum atomic E-state index is 0.458. The minimum Gasteiger partial charge on any atom is -0.359 e. The molecule has 1 aromatic heterocycles. The van der Waals surface area contributed by atoms with Crippen LogP contribution in [0, 0.1) is 0 Å². The predicted octanol–water partition coefficient (Wildman–Crippen LogP) is 4.21. The molecule has 2 nitrogen and oxygen atoms in total. The monoisotopic (exact) mass is 262 g/mol. The highest BCUT2D eigenvalue weighted by molar-refractivity contribution is 6.17. The molecule has 18 heavy (non-hydrogen) atoms. The highest BCUT2D eigenvalue weighted by atomic mass is 35.5. The molecule has 0 saturated heterocycles. The Labute approximate surface area is 114 Å². The fourth-order valence-electron chi connectivity index (χ4n) is 2.10. The van der Waals surface area contributed by atoms with E-state index in [1.165, 1.54) is 23.6 Å². The van der Waals surface area contributed by atoms with Crippen LogP contribution in [0.4, 0.5) is 5.82 Å². The van der Waals surface area contributed by atoms with Gasteiger partial charge in [-0.25, -0.2) is 4.98 Å². The number of nitrogens with zero attached hydrogens (tertiary/aromatic N) is 2. The van der Waals surface area contributed by atoms with E-state index < -0.39 is 0 Å². The molecule has 0 unspecified atom stereocenters. The molecule has 96 valence electrons. The molecular formula is C15H19ClN2. The van der Waals surface area contributed by atoms with Crippen molar-refractivity contribution in [2.24, 2.45) is 0 Å². The summed E-state index contributed by atoms with van der Waals surface area (Å²) in [5.41, 5.74) is 0.939. The highest BCUT2D eigenvalue weighted by Crippen LogP contribution is 2.25. The molecule has 0 spiro atoms. The van der Waals surface area contributed by atoms with Crippen LogP contribution in [0.3, 0.4) is 0 Å². The van der Waals surface area contributed by atoms with Crippen LogP contribution < -0.4 is 4.90 Å². The lowest BCUT2D eigenvalue weighted by atomic mass is 10.1. The van der Waals surface area contributed by atoms with E-state index in [4.69, 9.17) is 11.6 Å². The second-order valence-electron chi connectivity index (χ2n) is 4.57.